The molecule has 1 aromatic heterocycles. The van der Waals surface area contributed by atoms with Crippen molar-refractivity contribution in [2.45, 2.75) is 20.0 Å². The van der Waals surface area contributed by atoms with Crippen LogP contribution < -0.4 is 10.1 Å². The molecule has 2 heterocycles. The van der Waals surface area contributed by atoms with E-state index >= 15 is 0 Å². The van der Waals surface area contributed by atoms with Gasteiger partial charge >= 0.3 is 0 Å². The lowest BCUT2D eigenvalue weighted by atomic mass is 10.1. The molecule has 0 radical (unpaired) electrons. The number of rotatable bonds is 3. The SMILES string of the molecule is CCCNC(=O)c1cc2c(s1)-c1ccccc1OC2. The van der Waals surface area contributed by atoms with Gasteiger partial charge in [0.1, 0.15) is 12.4 Å². The Morgan fingerprint density at radius 2 is 2.26 bits per heavy atom. The largest absolute Gasteiger partial charge is 0.488 e. The number of carbonyl (C=O) groups excluding carboxylic acids is 1. The van der Waals surface area contributed by atoms with E-state index in [0.717, 1.165) is 33.1 Å². The van der Waals surface area contributed by atoms with Crippen molar-refractivity contribution in [1.82, 2.24) is 5.32 Å². The number of thiophene rings is 1. The lowest BCUT2D eigenvalue weighted by Gasteiger charge is -2.16. The highest BCUT2D eigenvalue weighted by Gasteiger charge is 2.21. The molecule has 1 aliphatic rings. The molecule has 0 fully saturated rings. The molecule has 0 bridgehead atoms. The molecule has 1 amide bonds. The molecule has 1 aliphatic heterocycles. The van der Waals surface area contributed by atoms with Gasteiger partial charge in [-0.15, -0.1) is 11.3 Å². The minimum absolute atomic E-state index is 0.0127. The number of para-hydroxylation sites is 1. The van der Waals surface area contributed by atoms with Gasteiger partial charge in [-0.1, -0.05) is 19.1 Å². The van der Waals surface area contributed by atoms with Crippen LogP contribution in [0.1, 0.15) is 28.6 Å². The topological polar surface area (TPSA) is 38.3 Å². The first kappa shape index (κ1) is 12.2. The summed E-state index contributed by atoms with van der Waals surface area (Å²) < 4.78 is 5.70. The van der Waals surface area contributed by atoms with Crippen molar-refractivity contribution >= 4 is 17.2 Å². The molecule has 4 heteroatoms. The van der Waals surface area contributed by atoms with Crippen LogP contribution in [-0.2, 0) is 6.61 Å². The Balaban J connectivity index is 1.94. The average Bonchev–Trinajstić information content (AvgIpc) is 2.89. The van der Waals surface area contributed by atoms with E-state index in [9.17, 15) is 4.79 Å². The molecule has 1 N–H and O–H groups in total. The van der Waals surface area contributed by atoms with Crippen molar-refractivity contribution in [1.29, 1.82) is 0 Å². The maximum Gasteiger partial charge on any atom is 0.261 e. The van der Waals surface area contributed by atoms with Crippen LogP contribution in [0.2, 0.25) is 0 Å². The summed E-state index contributed by atoms with van der Waals surface area (Å²) in [6, 6.07) is 9.91. The molecular formula is C15H15NO2S. The maximum atomic E-state index is 12.0. The first-order valence-corrected chi connectivity index (χ1v) is 7.24. The Bertz CT molecular complexity index is 618. The molecule has 19 heavy (non-hydrogen) atoms. The highest BCUT2D eigenvalue weighted by atomic mass is 32.1. The predicted octanol–water partition coefficient (Wildman–Crippen LogP) is 3.45. The van der Waals surface area contributed by atoms with E-state index < -0.39 is 0 Å². The van der Waals surface area contributed by atoms with Crippen molar-refractivity contribution < 1.29 is 9.53 Å². The van der Waals surface area contributed by atoms with Crippen LogP contribution in [0.3, 0.4) is 0 Å². The summed E-state index contributed by atoms with van der Waals surface area (Å²) in [6.07, 6.45) is 0.947. The highest BCUT2D eigenvalue weighted by Crippen LogP contribution is 2.42. The normalized spacial score (nSPS) is 12.3. The fourth-order valence-corrected chi connectivity index (χ4v) is 3.25. The molecule has 0 unspecified atom stereocenters. The lowest BCUT2D eigenvalue weighted by molar-refractivity contribution is 0.0957. The average molecular weight is 273 g/mol. The van der Waals surface area contributed by atoms with E-state index in [2.05, 4.69) is 5.32 Å². The number of ether oxygens (including phenoxy) is 1. The van der Waals surface area contributed by atoms with Gasteiger partial charge in [0.2, 0.25) is 0 Å². The summed E-state index contributed by atoms with van der Waals surface area (Å²) >= 11 is 1.54. The van der Waals surface area contributed by atoms with E-state index in [1.807, 2.05) is 37.3 Å². The summed E-state index contributed by atoms with van der Waals surface area (Å²) in [4.78, 5) is 13.9. The van der Waals surface area contributed by atoms with Crippen molar-refractivity contribution in [3.63, 3.8) is 0 Å². The number of amides is 1. The van der Waals surface area contributed by atoms with Gasteiger partial charge in [-0.3, -0.25) is 4.79 Å². The molecule has 3 nitrogen and oxygen atoms in total. The zero-order valence-corrected chi connectivity index (χ0v) is 11.5. The van der Waals surface area contributed by atoms with E-state index in [1.165, 1.54) is 0 Å². The Morgan fingerprint density at radius 1 is 1.42 bits per heavy atom. The van der Waals surface area contributed by atoms with Gasteiger partial charge < -0.3 is 10.1 Å². The highest BCUT2D eigenvalue weighted by molar-refractivity contribution is 7.17. The van der Waals surface area contributed by atoms with Crippen molar-refractivity contribution in [3.05, 3.63) is 40.8 Å². The molecule has 0 saturated heterocycles. The van der Waals surface area contributed by atoms with Crippen LogP contribution in [0.25, 0.3) is 10.4 Å². The van der Waals surface area contributed by atoms with E-state index in [1.54, 1.807) is 11.3 Å². The fourth-order valence-electron chi connectivity index (χ4n) is 2.14. The summed E-state index contributed by atoms with van der Waals surface area (Å²) in [6.45, 7) is 3.31. The molecular weight excluding hydrogens is 258 g/mol. The van der Waals surface area contributed by atoms with Gasteiger partial charge in [0.15, 0.2) is 0 Å². The van der Waals surface area contributed by atoms with Crippen molar-refractivity contribution in [3.8, 4) is 16.2 Å². The zero-order valence-electron chi connectivity index (χ0n) is 10.7. The predicted molar refractivity (Wildman–Crippen MR) is 76.7 cm³/mol. The third kappa shape index (κ3) is 2.24. The lowest BCUT2D eigenvalue weighted by Crippen LogP contribution is -2.22. The minimum atomic E-state index is 0.0127. The van der Waals surface area contributed by atoms with Crippen molar-refractivity contribution in [2.24, 2.45) is 0 Å². The van der Waals surface area contributed by atoms with Gasteiger partial charge in [-0.05, 0) is 24.6 Å². The third-order valence-corrected chi connectivity index (χ3v) is 4.29. The number of hydrogen-bond donors (Lipinski definition) is 1. The van der Waals surface area contributed by atoms with Gasteiger partial charge in [0, 0.05) is 22.5 Å². The second-order valence-corrected chi connectivity index (χ2v) is 5.56. The van der Waals surface area contributed by atoms with Gasteiger partial charge in [-0.25, -0.2) is 0 Å². The Labute approximate surface area is 116 Å². The standard InChI is InChI=1S/C15H15NO2S/c1-2-7-16-15(17)13-8-10-9-18-12-6-4-3-5-11(12)14(10)19-13/h3-6,8H,2,7,9H2,1H3,(H,16,17). The van der Waals surface area contributed by atoms with Gasteiger partial charge in [0.25, 0.3) is 5.91 Å². The smallest absolute Gasteiger partial charge is 0.261 e. The van der Waals surface area contributed by atoms with Gasteiger partial charge in [0.05, 0.1) is 4.88 Å². The number of hydrogen-bond acceptors (Lipinski definition) is 3. The van der Waals surface area contributed by atoms with Gasteiger partial charge in [-0.2, -0.15) is 0 Å². The molecule has 0 saturated carbocycles. The van der Waals surface area contributed by atoms with E-state index in [-0.39, 0.29) is 5.91 Å². The molecule has 0 aliphatic carbocycles. The molecule has 1 aromatic carbocycles. The zero-order chi connectivity index (χ0) is 13.2. The minimum Gasteiger partial charge on any atom is -0.488 e. The second-order valence-electron chi connectivity index (χ2n) is 4.51. The number of fused-ring (bicyclic) bond motifs is 3. The summed E-state index contributed by atoms with van der Waals surface area (Å²) in [5, 5.41) is 2.91. The van der Waals surface area contributed by atoms with Crippen LogP contribution in [0.15, 0.2) is 30.3 Å². The molecule has 2 aromatic rings. The molecule has 3 rings (SSSR count). The van der Waals surface area contributed by atoms with E-state index in [4.69, 9.17) is 4.74 Å². The van der Waals surface area contributed by atoms with Crippen LogP contribution in [-0.4, -0.2) is 12.5 Å². The first-order valence-electron chi connectivity index (χ1n) is 6.42. The Hall–Kier alpha value is -1.81. The molecule has 98 valence electrons. The molecule has 0 atom stereocenters. The van der Waals surface area contributed by atoms with E-state index in [0.29, 0.717) is 13.2 Å². The molecule has 0 spiro atoms. The second kappa shape index (κ2) is 5.05. The maximum absolute atomic E-state index is 12.0. The Morgan fingerprint density at radius 3 is 3.11 bits per heavy atom. The van der Waals surface area contributed by atoms with Crippen LogP contribution in [0, 0.1) is 0 Å². The quantitative estimate of drug-likeness (QED) is 0.930. The Kier molecular flexibility index (Phi) is 3.25. The summed E-state index contributed by atoms with van der Waals surface area (Å²) in [7, 11) is 0. The van der Waals surface area contributed by atoms with Crippen LogP contribution >= 0.6 is 11.3 Å². The monoisotopic (exact) mass is 273 g/mol. The van der Waals surface area contributed by atoms with Crippen LogP contribution in [0.5, 0.6) is 5.75 Å². The number of nitrogens with one attached hydrogen (secondary N) is 1. The number of carbonyl (C=O) groups is 1. The van der Waals surface area contributed by atoms with Crippen molar-refractivity contribution in [2.75, 3.05) is 6.54 Å². The summed E-state index contributed by atoms with van der Waals surface area (Å²) in [5.74, 6) is 0.913. The summed E-state index contributed by atoms with van der Waals surface area (Å²) in [5.41, 5.74) is 2.19. The third-order valence-electron chi connectivity index (χ3n) is 3.08. The van der Waals surface area contributed by atoms with Crippen LogP contribution in [0.4, 0.5) is 0 Å². The first-order chi connectivity index (χ1) is 9.29. The number of benzene rings is 1. The fraction of sp³-hybridized carbons (Fsp3) is 0.267.